The molecule has 2 saturated heterocycles. The van der Waals surface area contributed by atoms with E-state index in [9.17, 15) is 8.42 Å². The Bertz CT molecular complexity index is 1180. The minimum atomic E-state index is -3.78. The van der Waals surface area contributed by atoms with Gasteiger partial charge in [0.2, 0.25) is 14.1 Å². The summed E-state index contributed by atoms with van der Waals surface area (Å²) in [6.07, 6.45) is 2.38. The first-order valence-corrected chi connectivity index (χ1v) is 18.9. The molecule has 3 heterocycles. The molecule has 0 saturated carbocycles. The van der Waals surface area contributed by atoms with Crippen molar-refractivity contribution < 1.29 is 22.3 Å². The van der Waals surface area contributed by atoms with Crippen molar-refractivity contribution in [3.63, 3.8) is 0 Å². The van der Waals surface area contributed by atoms with Gasteiger partial charge < -0.3 is 18.8 Å². The molecular weight excluding hydrogens is 594 g/mol. The molecule has 3 aliphatic heterocycles. The Morgan fingerprint density at radius 2 is 1.64 bits per heavy atom. The largest absolute Gasteiger partial charge is 0.384 e. The lowest BCUT2D eigenvalue weighted by Gasteiger charge is -2.49. The number of likely N-dealkylation sites (tertiary alicyclic amines) is 1. The molecule has 0 radical (unpaired) electrons. The van der Waals surface area contributed by atoms with Gasteiger partial charge in [0.05, 0.1) is 26.7 Å². The second-order valence-electron chi connectivity index (χ2n) is 13.3. The third-order valence-electron chi connectivity index (χ3n) is 9.74. The third kappa shape index (κ3) is 4.71. The molecule has 0 spiro atoms. The number of nitrogens with zero attached hydrogens (tertiary/aromatic N) is 1. The van der Waals surface area contributed by atoms with Gasteiger partial charge >= 0.3 is 0 Å². The summed E-state index contributed by atoms with van der Waals surface area (Å²) in [5, 5.41) is -0.866. The van der Waals surface area contributed by atoms with Crippen molar-refractivity contribution in [2.24, 2.45) is 0 Å². The summed E-state index contributed by atoms with van der Waals surface area (Å²) in [6, 6.07) is 8.93. The second-order valence-corrected chi connectivity index (χ2v) is 21.6. The third-order valence-corrected chi connectivity index (χ3v) is 18.9. The number of methoxy groups -OCH3 is 1. The fraction of sp³-hybridized carbons (Fsp3) is 0.733. The number of hydrogen-bond donors (Lipinski definition) is 0. The van der Waals surface area contributed by atoms with Crippen molar-refractivity contribution in [2.75, 3.05) is 13.7 Å². The van der Waals surface area contributed by atoms with Crippen molar-refractivity contribution in [3.8, 4) is 0 Å². The number of benzene rings is 1. The predicted molar refractivity (Wildman–Crippen MR) is 163 cm³/mol. The van der Waals surface area contributed by atoms with Crippen LogP contribution in [0.15, 0.2) is 45.4 Å². The first-order chi connectivity index (χ1) is 18.0. The number of halogens is 1. The monoisotopic (exact) mass is 641 g/mol. The summed E-state index contributed by atoms with van der Waals surface area (Å²) in [5.74, 6) is -1.41. The smallest absolute Gasteiger partial charge is 0.212 e. The normalized spacial score (nSPS) is 30.1. The van der Waals surface area contributed by atoms with Gasteiger partial charge in [-0.05, 0) is 78.3 Å². The van der Waals surface area contributed by atoms with Crippen molar-refractivity contribution in [2.45, 2.75) is 131 Å². The molecular formula is C30H48BrNO5SSi. The maximum absolute atomic E-state index is 14.4. The van der Waals surface area contributed by atoms with E-state index in [4.69, 9.17) is 13.9 Å². The van der Waals surface area contributed by atoms with Gasteiger partial charge in [0.25, 0.3) is 0 Å². The highest BCUT2D eigenvalue weighted by Gasteiger charge is 2.72. The lowest BCUT2D eigenvalue weighted by molar-refractivity contribution is -0.153. The van der Waals surface area contributed by atoms with Crippen LogP contribution in [0.2, 0.25) is 16.6 Å². The molecule has 220 valence electrons. The zero-order valence-electron chi connectivity index (χ0n) is 25.4. The molecule has 0 N–H and O–H groups in total. The summed E-state index contributed by atoms with van der Waals surface area (Å²) < 4.78 is 50.0. The minimum absolute atomic E-state index is 0.147. The van der Waals surface area contributed by atoms with Crippen molar-refractivity contribution in [1.82, 2.24) is 4.90 Å². The molecule has 2 bridgehead atoms. The molecule has 2 fully saturated rings. The average molecular weight is 643 g/mol. The molecule has 0 aliphatic carbocycles. The van der Waals surface area contributed by atoms with E-state index < -0.39 is 34.8 Å². The van der Waals surface area contributed by atoms with Crippen LogP contribution in [-0.2, 0) is 23.7 Å². The number of sulfone groups is 1. The molecule has 6 nitrogen and oxygen atoms in total. The van der Waals surface area contributed by atoms with E-state index in [1.165, 1.54) is 0 Å². The summed E-state index contributed by atoms with van der Waals surface area (Å²) in [6.45, 7) is 20.5. The molecule has 3 aliphatic rings. The lowest BCUT2D eigenvalue weighted by Crippen LogP contribution is -2.59. The van der Waals surface area contributed by atoms with Gasteiger partial charge in [0.15, 0.2) is 9.84 Å². The van der Waals surface area contributed by atoms with Gasteiger partial charge in [-0.25, -0.2) is 8.42 Å². The molecule has 0 aromatic heterocycles. The van der Waals surface area contributed by atoms with Crippen molar-refractivity contribution in [1.29, 1.82) is 0 Å². The minimum Gasteiger partial charge on any atom is -0.384 e. The Labute approximate surface area is 246 Å². The molecule has 0 amide bonds. The first kappa shape index (κ1) is 31.2. The average Bonchev–Trinajstić information content (AvgIpc) is 3.52. The molecule has 4 rings (SSSR count). The standard InChI is InChI=1S/C30H48BrNO5SSi/c1-20(2)39(21(3)4,22(5)6)37-30-25(38(33,34)23-15-12-11-13-16-23)19-29(9,36-30)27(26(30)31)32-18-14-17-24(32)28(7,8)35-10/h11-13,15-16,20-22,24-25H,14,17-19H2,1-10H3/t24-,25-,29-,30-/m0/s1. The van der Waals surface area contributed by atoms with E-state index in [-0.39, 0.29) is 28.3 Å². The van der Waals surface area contributed by atoms with Crippen LogP contribution in [0.5, 0.6) is 0 Å². The van der Waals surface area contributed by atoms with Crippen LogP contribution in [0.3, 0.4) is 0 Å². The number of ether oxygens (including phenoxy) is 2. The molecule has 0 unspecified atom stereocenters. The maximum Gasteiger partial charge on any atom is 0.212 e. The Morgan fingerprint density at radius 3 is 2.15 bits per heavy atom. The first-order valence-electron chi connectivity index (χ1n) is 14.4. The summed E-state index contributed by atoms with van der Waals surface area (Å²) in [7, 11) is -4.60. The molecule has 1 aromatic carbocycles. The van der Waals surface area contributed by atoms with Gasteiger partial charge in [0, 0.05) is 20.1 Å². The fourth-order valence-electron chi connectivity index (χ4n) is 7.82. The molecule has 1 aromatic rings. The lowest BCUT2D eigenvalue weighted by atomic mass is 9.88. The van der Waals surface area contributed by atoms with Crippen molar-refractivity contribution in [3.05, 3.63) is 40.5 Å². The zero-order valence-corrected chi connectivity index (χ0v) is 28.8. The Balaban J connectivity index is 1.96. The maximum atomic E-state index is 14.4. The molecule has 4 atom stereocenters. The Morgan fingerprint density at radius 1 is 1.08 bits per heavy atom. The van der Waals surface area contributed by atoms with E-state index in [0.29, 0.717) is 11.3 Å². The summed E-state index contributed by atoms with van der Waals surface area (Å²) in [4.78, 5) is 2.72. The molecule has 39 heavy (non-hydrogen) atoms. The van der Waals surface area contributed by atoms with Crippen LogP contribution < -0.4 is 0 Å². The topological polar surface area (TPSA) is 65.1 Å². The predicted octanol–water partition coefficient (Wildman–Crippen LogP) is 7.41. The van der Waals surface area contributed by atoms with Gasteiger partial charge in [0.1, 0.15) is 10.9 Å². The highest BCUT2D eigenvalue weighted by Crippen LogP contribution is 2.63. The zero-order chi connectivity index (χ0) is 29.2. The van der Waals surface area contributed by atoms with Gasteiger partial charge in [-0.3, -0.25) is 0 Å². The van der Waals surface area contributed by atoms with Crippen LogP contribution in [0.1, 0.15) is 81.6 Å². The Kier molecular flexibility index (Phi) is 8.43. The van der Waals surface area contributed by atoms with E-state index in [1.54, 1.807) is 31.4 Å². The van der Waals surface area contributed by atoms with Crippen LogP contribution in [0.25, 0.3) is 0 Å². The number of fused-ring (bicyclic) bond motifs is 2. The Hall–Kier alpha value is -0.713. The van der Waals surface area contributed by atoms with Crippen LogP contribution in [-0.4, -0.2) is 63.6 Å². The second kappa shape index (κ2) is 10.5. The summed E-state index contributed by atoms with van der Waals surface area (Å²) in [5.41, 5.74) is 0.623. The number of rotatable bonds is 10. The molecule has 9 heteroatoms. The van der Waals surface area contributed by atoms with Crippen LogP contribution in [0, 0.1) is 0 Å². The van der Waals surface area contributed by atoms with Gasteiger partial charge in [-0.2, -0.15) is 0 Å². The van der Waals surface area contributed by atoms with Gasteiger partial charge in [-0.1, -0.05) is 59.7 Å². The highest BCUT2D eigenvalue weighted by atomic mass is 79.9. The SMILES string of the molecule is COC(C)(C)[C@@H]1CCCN1C1=C(Br)[C@]2(O[Si](C(C)C)(C(C)C)C(C)C)O[C@@]1(C)C[C@@H]2S(=O)(=O)c1ccccc1. The quantitative estimate of drug-likeness (QED) is 0.248. The van der Waals surface area contributed by atoms with Gasteiger partial charge in [-0.15, -0.1) is 0 Å². The number of hydrogen-bond acceptors (Lipinski definition) is 6. The van der Waals surface area contributed by atoms with E-state index in [0.717, 1.165) is 29.6 Å². The van der Waals surface area contributed by atoms with E-state index >= 15 is 0 Å². The highest BCUT2D eigenvalue weighted by molar-refractivity contribution is 9.11. The fourth-order valence-corrected chi connectivity index (χ4v) is 16.8. The van der Waals surface area contributed by atoms with Crippen LogP contribution >= 0.6 is 15.9 Å². The van der Waals surface area contributed by atoms with Crippen molar-refractivity contribution >= 4 is 34.1 Å². The summed E-state index contributed by atoms with van der Waals surface area (Å²) >= 11 is 3.99. The van der Waals surface area contributed by atoms with Crippen LogP contribution in [0.4, 0.5) is 0 Å². The van der Waals surface area contributed by atoms with E-state index in [1.807, 2.05) is 13.0 Å². The van der Waals surface area contributed by atoms with E-state index in [2.05, 4.69) is 76.2 Å².